The summed E-state index contributed by atoms with van der Waals surface area (Å²) in [6.45, 7) is 0. The summed E-state index contributed by atoms with van der Waals surface area (Å²) < 4.78 is 15.4. The van der Waals surface area contributed by atoms with Gasteiger partial charge >= 0.3 is 0 Å². The van der Waals surface area contributed by atoms with Gasteiger partial charge in [-0.2, -0.15) is 0 Å². The summed E-state index contributed by atoms with van der Waals surface area (Å²) >= 11 is 6.48. The maximum Gasteiger partial charge on any atom is 0.163 e. The molecule has 1 heterocycles. The summed E-state index contributed by atoms with van der Waals surface area (Å²) in [4.78, 5) is 0. The van der Waals surface area contributed by atoms with Gasteiger partial charge in [-0.05, 0) is 34.1 Å². The van der Waals surface area contributed by atoms with Gasteiger partial charge in [0.05, 0.1) is 9.80 Å². The van der Waals surface area contributed by atoms with Crippen LogP contribution in [0.2, 0.25) is 0 Å². The highest BCUT2D eigenvalue weighted by molar-refractivity contribution is 9.10. The van der Waals surface area contributed by atoms with Crippen molar-refractivity contribution in [3.63, 3.8) is 0 Å². The molecule has 0 unspecified atom stereocenters. The molecule has 0 fully saturated rings. The van der Waals surface area contributed by atoms with Gasteiger partial charge in [-0.15, -0.1) is 10.2 Å². The molecular formula is C10H8Br2FN3. The predicted molar refractivity (Wildman–Crippen MR) is 66.7 cm³/mol. The van der Waals surface area contributed by atoms with Gasteiger partial charge in [-0.3, -0.25) is 0 Å². The topological polar surface area (TPSA) is 30.7 Å². The molecule has 0 N–H and O–H groups in total. The highest BCUT2D eigenvalue weighted by Crippen LogP contribution is 2.24. The molecule has 0 bridgehead atoms. The Balaban J connectivity index is 2.50. The Kier molecular flexibility index (Phi) is 3.39. The zero-order valence-electron chi connectivity index (χ0n) is 8.41. The molecule has 1 aromatic heterocycles. The fourth-order valence-corrected chi connectivity index (χ4v) is 2.23. The summed E-state index contributed by atoms with van der Waals surface area (Å²) in [5, 5.41) is 8.72. The van der Waals surface area contributed by atoms with Crippen LogP contribution in [0.5, 0.6) is 0 Å². The Labute approximate surface area is 109 Å². The molecule has 1 aromatic carbocycles. The van der Waals surface area contributed by atoms with Crippen LogP contribution < -0.4 is 0 Å². The van der Waals surface area contributed by atoms with Crippen molar-refractivity contribution in [2.24, 2.45) is 7.05 Å². The van der Waals surface area contributed by atoms with Crippen LogP contribution in [0.1, 0.15) is 5.82 Å². The van der Waals surface area contributed by atoms with Crippen LogP contribution in [-0.4, -0.2) is 14.8 Å². The average molecular weight is 349 g/mol. The van der Waals surface area contributed by atoms with Crippen LogP contribution in [0, 0.1) is 5.82 Å². The minimum atomic E-state index is -0.286. The molecule has 0 aliphatic carbocycles. The largest absolute Gasteiger partial charge is 0.313 e. The van der Waals surface area contributed by atoms with Gasteiger partial charge in [0.15, 0.2) is 5.82 Å². The lowest BCUT2D eigenvalue weighted by Gasteiger charge is -2.03. The molecule has 0 aliphatic heterocycles. The Hall–Kier alpha value is -0.750. The Morgan fingerprint density at radius 3 is 2.69 bits per heavy atom. The van der Waals surface area contributed by atoms with Crippen molar-refractivity contribution < 1.29 is 4.39 Å². The van der Waals surface area contributed by atoms with E-state index in [1.165, 1.54) is 6.07 Å². The molecule has 0 aliphatic rings. The third kappa shape index (κ3) is 2.04. The number of aromatic nitrogens is 3. The predicted octanol–water partition coefficient (Wildman–Crippen LogP) is 3.28. The number of benzene rings is 1. The van der Waals surface area contributed by atoms with E-state index in [4.69, 9.17) is 0 Å². The fraction of sp³-hybridized carbons (Fsp3) is 0.200. The van der Waals surface area contributed by atoms with Gasteiger partial charge in [0, 0.05) is 12.6 Å². The molecule has 2 aromatic rings. The molecule has 0 spiro atoms. The zero-order valence-corrected chi connectivity index (χ0v) is 11.6. The van der Waals surface area contributed by atoms with Crippen molar-refractivity contribution >= 4 is 31.9 Å². The number of rotatable bonds is 2. The van der Waals surface area contributed by atoms with Crippen LogP contribution in [-0.2, 0) is 12.4 Å². The molecule has 6 heteroatoms. The first-order valence-electron chi connectivity index (χ1n) is 4.53. The number of nitrogens with zero attached hydrogens (tertiary/aromatic N) is 3. The Bertz CT molecular complexity index is 525. The van der Waals surface area contributed by atoms with Gasteiger partial charge in [0.2, 0.25) is 0 Å². The molecule has 0 saturated carbocycles. The van der Waals surface area contributed by atoms with Gasteiger partial charge < -0.3 is 4.57 Å². The number of alkyl halides is 1. The van der Waals surface area contributed by atoms with Gasteiger partial charge in [-0.1, -0.05) is 15.9 Å². The van der Waals surface area contributed by atoms with Crippen LogP contribution in [0.15, 0.2) is 22.7 Å². The minimum absolute atomic E-state index is 0.286. The standard InChI is InChI=1S/C10H8Br2FN3/c1-16-9(5-11)14-15-10(16)6-2-3-8(13)7(12)4-6/h2-4H,5H2,1H3. The normalized spacial score (nSPS) is 10.8. The van der Waals surface area contributed by atoms with Gasteiger partial charge in [0.25, 0.3) is 0 Å². The molecule has 0 amide bonds. The van der Waals surface area contributed by atoms with Crippen molar-refractivity contribution in [3.8, 4) is 11.4 Å². The third-order valence-electron chi connectivity index (χ3n) is 2.26. The van der Waals surface area contributed by atoms with Crippen molar-refractivity contribution in [2.45, 2.75) is 5.33 Å². The summed E-state index contributed by atoms with van der Waals surface area (Å²) in [6.07, 6.45) is 0. The summed E-state index contributed by atoms with van der Waals surface area (Å²) in [7, 11) is 1.88. The van der Waals surface area contributed by atoms with E-state index < -0.39 is 0 Å². The lowest BCUT2D eigenvalue weighted by atomic mass is 10.2. The summed E-state index contributed by atoms with van der Waals surface area (Å²) in [5.41, 5.74) is 0.829. The monoisotopic (exact) mass is 347 g/mol. The zero-order chi connectivity index (χ0) is 11.7. The van der Waals surface area contributed by atoms with Crippen LogP contribution in [0.3, 0.4) is 0 Å². The second kappa shape index (κ2) is 4.63. The highest BCUT2D eigenvalue weighted by atomic mass is 79.9. The van der Waals surface area contributed by atoms with E-state index in [-0.39, 0.29) is 5.82 Å². The lowest BCUT2D eigenvalue weighted by Crippen LogP contribution is -1.97. The smallest absolute Gasteiger partial charge is 0.163 e. The minimum Gasteiger partial charge on any atom is -0.313 e. The second-order valence-corrected chi connectivity index (χ2v) is 4.68. The molecule has 2 rings (SSSR count). The second-order valence-electron chi connectivity index (χ2n) is 3.26. The van der Waals surface area contributed by atoms with Crippen molar-refractivity contribution in [3.05, 3.63) is 34.3 Å². The SMILES string of the molecule is Cn1c(CBr)nnc1-c1ccc(F)c(Br)c1. The first-order valence-corrected chi connectivity index (χ1v) is 6.44. The first-order chi connectivity index (χ1) is 7.63. The summed E-state index contributed by atoms with van der Waals surface area (Å²) in [5.74, 6) is 1.26. The molecule has 0 atom stereocenters. The lowest BCUT2D eigenvalue weighted by molar-refractivity contribution is 0.621. The van der Waals surface area contributed by atoms with E-state index in [0.29, 0.717) is 9.80 Å². The molecule has 16 heavy (non-hydrogen) atoms. The maximum atomic E-state index is 13.1. The van der Waals surface area contributed by atoms with Crippen LogP contribution in [0.25, 0.3) is 11.4 Å². The van der Waals surface area contributed by atoms with E-state index in [1.807, 2.05) is 11.6 Å². The van der Waals surface area contributed by atoms with E-state index in [1.54, 1.807) is 12.1 Å². The molecule has 84 valence electrons. The number of hydrogen-bond donors (Lipinski definition) is 0. The van der Waals surface area contributed by atoms with E-state index in [9.17, 15) is 4.39 Å². The van der Waals surface area contributed by atoms with Gasteiger partial charge in [-0.25, -0.2) is 4.39 Å². The average Bonchev–Trinajstić information content (AvgIpc) is 2.64. The number of hydrogen-bond acceptors (Lipinski definition) is 2. The maximum absolute atomic E-state index is 13.1. The molecule has 0 saturated heterocycles. The van der Waals surface area contributed by atoms with Crippen molar-refractivity contribution in [1.82, 2.24) is 14.8 Å². The molecular weight excluding hydrogens is 341 g/mol. The molecule has 0 radical (unpaired) electrons. The summed E-state index contributed by atoms with van der Waals surface area (Å²) in [6, 6.07) is 4.78. The molecule has 3 nitrogen and oxygen atoms in total. The van der Waals surface area contributed by atoms with Crippen molar-refractivity contribution in [1.29, 1.82) is 0 Å². The number of halogens is 3. The van der Waals surface area contributed by atoms with E-state index in [2.05, 4.69) is 42.1 Å². The first kappa shape index (κ1) is 11.7. The Morgan fingerprint density at radius 1 is 1.38 bits per heavy atom. The van der Waals surface area contributed by atoms with Crippen LogP contribution in [0.4, 0.5) is 4.39 Å². The van der Waals surface area contributed by atoms with E-state index >= 15 is 0 Å². The van der Waals surface area contributed by atoms with Crippen LogP contribution >= 0.6 is 31.9 Å². The van der Waals surface area contributed by atoms with Gasteiger partial charge in [0.1, 0.15) is 11.6 Å². The quantitative estimate of drug-likeness (QED) is 0.780. The third-order valence-corrected chi connectivity index (χ3v) is 3.37. The van der Waals surface area contributed by atoms with E-state index in [0.717, 1.165) is 17.2 Å². The highest BCUT2D eigenvalue weighted by Gasteiger charge is 2.11. The van der Waals surface area contributed by atoms with Crippen molar-refractivity contribution in [2.75, 3.05) is 0 Å². The Morgan fingerprint density at radius 2 is 2.12 bits per heavy atom. The fourth-order valence-electron chi connectivity index (χ4n) is 1.36.